The first-order valence-corrected chi connectivity index (χ1v) is 12.2. The lowest BCUT2D eigenvalue weighted by Gasteiger charge is -2.23. The summed E-state index contributed by atoms with van der Waals surface area (Å²) in [7, 11) is -4.02. The Bertz CT molecular complexity index is 1250. The Kier molecular flexibility index (Phi) is 7.85. The molecular weight excluding hydrogens is 491 g/mol. The fourth-order valence-corrected chi connectivity index (χ4v) is 5.09. The highest BCUT2D eigenvalue weighted by Crippen LogP contribution is 2.26. The minimum atomic E-state index is -4.02. The Morgan fingerprint density at radius 1 is 0.906 bits per heavy atom. The van der Waals surface area contributed by atoms with Gasteiger partial charge >= 0.3 is 0 Å². The summed E-state index contributed by atoms with van der Waals surface area (Å²) in [5, 5.41) is 3.93. The normalized spacial score (nSPS) is 11.6. The highest BCUT2D eigenvalue weighted by molar-refractivity contribution is 7.89. The summed E-state index contributed by atoms with van der Waals surface area (Å²) in [5.41, 5.74) is 3.08. The van der Waals surface area contributed by atoms with E-state index in [0.717, 1.165) is 15.4 Å². The molecule has 0 bridgehead atoms. The van der Waals surface area contributed by atoms with Crippen molar-refractivity contribution in [1.29, 1.82) is 0 Å². The molecule has 3 rings (SSSR count). The van der Waals surface area contributed by atoms with E-state index in [1.165, 1.54) is 30.3 Å². The number of rotatable bonds is 7. The topological polar surface area (TPSA) is 66.5 Å². The monoisotopic (exact) mass is 510 g/mol. The number of sulfonamides is 1. The van der Waals surface area contributed by atoms with E-state index < -0.39 is 22.5 Å². The number of anilines is 1. The predicted octanol–water partition coefficient (Wildman–Crippen LogP) is 6.09. The van der Waals surface area contributed by atoms with Crippen molar-refractivity contribution in [1.82, 2.24) is 4.31 Å². The zero-order valence-electron chi connectivity index (χ0n) is 17.4. The number of amides is 1. The van der Waals surface area contributed by atoms with Crippen LogP contribution in [0.2, 0.25) is 15.1 Å². The van der Waals surface area contributed by atoms with Gasteiger partial charge in [0.1, 0.15) is 0 Å². The predicted molar refractivity (Wildman–Crippen MR) is 130 cm³/mol. The average Bonchev–Trinajstić information content (AvgIpc) is 2.71. The lowest BCUT2D eigenvalue weighted by atomic mass is 10.1. The molecule has 0 aliphatic rings. The van der Waals surface area contributed by atoms with Crippen molar-refractivity contribution >= 4 is 56.4 Å². The first kappa shape index (κ1) is 24.6. The van der Waals surface area contributed by atoms with Crippen molar-refractivity contribution in [2.24, 2.45) is 0 Å². The van der Waals surface area contributed by atoms with E-state index in [-0.39, 0.29) is 11.4 Å². The van der Waals surface area contributed by atoms with Crippen LogP contribution in [0.15, 0.2) is 65.6 Å². The second-order valence-electron chi connectivity index (χ2n) is 7.33. The van der Waals surface area contributed by atoms with Gasteiger partial charge in [-0.3, -0.25) is 4.79 Å². The Morgan fingerprint density at radius 2 is 1.56 bits per heavy atom. The zero-order valence-corrected chi connectivity index (χ0v) is 20.5. The molecule has 1 N–H and O–H groups in total. The molecule has 0 aliphatic carbocycles. The number of hydrogen-bond donors (Lipinski definition) is 1. The van der Waals surface area contributed by atoms with Crippen LogP contribution in [-0.2, 0) is 21.4 Å². The molecule has 9 heteroatoms. The number of halogens is 3. The fraction of sp³-hybridized carbons (Fsp3) is 0.174. The van der Waals surface area contributed by atoms with Crippen molar-refractivity contribution < 1.29 is 13.2 Å². The summed E-state index contributed by atoms with van der Waals surface area (Å²) in [4.78, 5) is 12.8. The quantitative estimate of drug-likeness (QED) is 0.417. The van der Waals surface area contributed by atoms with E-state index in [4.69, 9.17) is 34.8 Å². The van der Waals surface area contributed by atoms with Crippen molar-refractivity contribution in [2.45, 2.75) is 25.3 Å². The van der Waals surface area contributed by atoms with Crippen LogP contribution < -0.4 is 5.32 Å². The van der Waals surface area contributed by atoms with Crippen LogP contribution in [0.5, 0.6) is 0 Å². The fourth-order valence-electron chi connectivity index (χ4n) is 3.13. The Morgan fingerprint density at radius 3 is 2.19 bits per heavy atom. The zero-order chi connectivity index (χ0) is 23.5. The van der Waals surface area contributed by atoms with Crippen LogP contribution >= 0.6 is 34.8 Å². The number of hydrogen-bond acceptors (Lipinski definition) is 3. The lowest BCUT2D eigenvalue weighted by Crippen LogP contribution is -2.37. The van der Waals surface area contributed by atoms with Crippen LogP contribution in [-0.4, -0.2) is 25.2 Å². The van der Waals surface area contributed by atoms with E-state index in [1.807, 2.05) is 26.0 Å². The third kappa shape index (κ3) is 6.03. The molecule has 0 radical (unpaired) electrons. The van der Waals surface area contributed by atoms with E-state index in [0.29, 0.717) is 26.3 Å². The molecule has 5 nitrogen and oxygen atoms in total. The smallest absolute Gasteiger partial charge is 0.243 e. The Labute approximate surface area is 203 Å². The maximum atomic E-state index is 13.4. The third-order valence-electron chi connectivity index (χ3n) is 4.79. The molecule has 0 aliphatic heterocycles. The van der Waals surface area contributed by atoms with E-state index in [1.54, 1.807) is 18.2 Å². The number of carbonyl (C=O) groups is 1. The van der Waals surface area contributed by atoms with Gasteiger partial charge in [-0.15, -0.1) is 0 Å². The van der Waals surface area contributed by atoms with Crippen LogP contribution in [0.3, 0.4) is 0 Å². The lowest BCUT2D eigenvalue weighted by molar-refractivity contribution is -0.116. The summed E-state index contributed by atoms with van der Waals surface area (Å²) in [6.07, 6.45) is 0. The standard InChI is InChI=1S/C23H21Cl3N2O3S/c1-15-3-10-22(16(2)11-15)27-23(29)14-28(13-17-4-5-19(25)12-21(17)26)32(30,31)20-8-6-18(24)7-9-20/h3-12H,13-14H2,1-2H3,(H,27,29). The summed E-state index contributed by atoms with van der Waals surface area (Å²) in [6, 6.07) is 16.1. The van der Waals surface area contributed by atoms with Gasteiger partial charge < -0.3 is 5.32 Å². The molecule has 0 saturated heterocycles. The Balaban J connectivity index is 1.92. The van der Waals surface area contributed by atoms with Crippen molar-refractivity contribution in [3.05, 3.63) is 92.4 Å². The van der Waals surface area contributed by atoms with E-state index in [9.17, 15) is 13.2 Å². The van der Waals surface area contributed by atoms with Crippen molar-refractivity contribution in [3.63, 3.8) is 0 Å². The van der Waals surface area contributed by atoms with Gasteiger partial charge in [0.25, 0.3) is 0 Å². The van der Waals surface area contributed by atoms with E-state index in [2.05, 4.69) is 5.32 Å². The minimum Gasteiger partial charge on any atom is -0.325 e. The minimum absolute atomic E-state index is 0.0197. The summed E-state index contributed by atoms with van der Waals surface area (Å²) < 4.78 is 27.8. The number of nitrogens with one attached hydrogen (secondary N) is 1. The molecule has 3 aromatic carbocycles. The van der Waals surface area contributed by atoms with Crippen LogP contribution in [0.4, 0.5) is 5.69 Å². The van der Waals surface area contributed by atoms with E-state index >= 15 is 0 Å². The number of carbonyl (C=O) groups excluding carboxylic acids is 1. The molecule has 0 atom stereocenters. The van der Waals surface area contributed by atoms with Gasteiger partial charge in [0.2, 0.25) is 15.9 Å². The van der Waals surface area contributed by atoms with Crippen LogP contribution in [0, 0.1) is 13.8 Å². The molecule has 3 aromatic rings. The van der Waals surface area contributed by atoms with Crippen LogP contribution in [0.25, 0.3) is 0 Å². The first-order chi connectivity index (χ1) is 15.1. The van der Waals surface area contributed by atoms with Gasteiger partial charge in [-0.2, -0.15) is 4.31 Å². The third-order valence-corrected chi connectivity index (χ3v) is 7.43. The molecule has 0 spiro atoms. The molecule has 32 heavy (non-hydrogen) atoms. The van der Waals surface area contributed by atoms with Crippen LogP contribution in [0.1, 0.15) is 16.7 Å². The summed E-state index contributed by atoms with van der Waals surface area (Å²) in [5.74, 6) is -0.473. The highest BCUT2D eigenvalue weighted by Gasteiger charge is 2.28. The summed E-state index contributed by atoms with van der Waals surface area (Å²) in [6.45, 7) is 3.31. The number of aryl methyl sites for hydroxylation is 2. The first-order valence-electron chi connectivity index (χ1n) is 9.63. The molecule has 0 saturated carbocycles. The second kappa shape index (κ2) is 10.2. The maximum Gasteiger partial charge on any atom is 0.243 e. The second-order valence-corrected chi connectivity index (χ2v) is 10.5. The van der Waals surface area contributed by atoms with Gasteiger partial charge in [-0.25, -0.2) is 8.42 Å². The number of benzene rings is 3. The van der Waals surface area contributed by atoms with Crippen molar-refractivity contribution in [3.8, 4) is 0 Å². The average molecular weight is 512 g/mol. The van der Waals surface area contributed by atoms with Gasteiger partial charge in [0.15, 0.2) is 0 Å². The molecule has 0 unspecified atom stereocenters. The maximum absolute atomic E-state index is 13.4. The SMILES string of the molecule is Cc1ccc(NC(=O)CN(Cc2ccc(Cl)cc2Cl)S(=O)(=O)c2ccc(Cl)cc2)c(C)c1. The Hall–Kier alpha value is -2.09. The molecule has 0 heterocycles. The van der Waals surface area contributed by atoms with Gasteiger partial charge in [0, 0.05) is 27.3 Å². The van der Waals surface area contributed by atoms with Gasteiger partial charge in [-0.05, 0) is 67.4 Å². The summed E-state index contributed by atoms with van der Waals surface area (Å²) >= 11 is 18.1. The molecule has 1 amide bonds. The number of nitrogens with zero attached hydrogens (tertiary/aromatic N) is 1. The van der Waals surface area contributed by atoms with Crippen molar-refractivity contribution in [2.75, 3.05) is 11.9 Å². The molecule has 0 aromatic heterocycles. The molecular formula is C23H21Cl3N2O3S. The molecule has 0 fully saturated rings. The highest BCUT2D eigenvalue weighted by atomic mass is 35.5. The van der Waals surface area contributed by atoms with Gasteiger partial charge in [0.05, 0.1) is 11.4 Å². The van der Waals surface area contributed by atoms with Gasteiger partial charge in [-0.1, -0.05) is 58.6 Å². The largest absolute Gasteiger partial charge is 0.325 e. The molecule has 168 valence electrons.